The molecule has 0 aromatic heterocycles. The molecule has 2 rings (SSSR count). The fourth-order valence-corrected chi connectivity index (χ4v) is 2.91. The van der Waals surface area contributed by atoms with E-state index in [1.165, 1.54) is 12.8 Å². The molecular weight excluding hydrogens is 393 g/mol. The number of nitrogens with zero attached hydrogens (tertiary/aromatic N) is 2. The summed E-state index contributed by atoms with van der Waals surface area (Å²) in [7, 11) is 1.83. The quantitative estimate of drug-likeness (QED) is 0.319. The van der Waals surface area contributed by atoms with Gasteiger partial charge in [-0.3, -0.25) is 4.99 Å². The van der Waals surface area contributed by atoms with Gasteiger partial charge in [0.2, 0.25) is 0 Å². The Morgan fingerprint density at radius 3 is 2.73 bits per heavy atom. The summed E-state index contributed by atoms with van der Waals surface area (Å²) in [6.45, 7) is 8.12. The number of aliphatic imine (C=N–C) groups is 1. The zero-order valence-electron chi connectivity index (χ0n) is 13.6. The molecule has 0 aromatic rings. The minimum absolute atomic E-state index is 0. The van der Waals surface area contributed by atoms with E-state index in [0.717, 1.165) is 58.1 Å². The van der Waals surface area contributed by atoms with Crippen LogP contribution < -0.4 is 5.32 Å². The first-order valence-electron chi connectivity index (χ1n) is 8.13. The minimum Gasteiger partial charge on any atom is -0.376 e. The van der Waals surface area contributed by atoms with E-state index in [-0.39, 0.29) is 24.0 Å². The summed E-state index contributed by atoms with van der Waals surface area (Å²) in [5.41, 5.74) is 0. The lowest BCUT2D eigenvalue weighted by Gasteiger charge is -2.34. The van der Waals surface area contributed by atoms with Gasteiger partial charge in [-0.2, -0.15) is 0 Å². The Morgan fingerprint density at radius 1 is 1.36 bits per heavy atom. The molecule has 0 spiro atoms. The number of nitrogens with one attached hydrogen (secondary N) is 1. The number of likely N-dealkylation sites (tertiary alicyclic amines) is 1. The molecule has 0 radical (unpaired) electrons. The van der Waals surface area contributed by atoms with E-state index in [0.29, 0.717) is 12.2 Å². The number of guanidine groups is 1. The number of hydrogen-bond acceptors (Lipinski definition) is 3. The Labute approximate surface area is 151 Å². The van der Waals surface area contributed by atoms with Crippen molar-refractivity contribution in [1.29, 1.82) is 0 Å². The molecule has 2 aliphatic rings. The first kappa shape index (κ1) is 19.7. The monoisotopic (exact) mass is 423 g/mol. The van der Waals surface area contributed by atoms with Crippen LogP contribution in [0.2, 0.25) is 0 Å². The number of rotatable bonds is 5. The molecule has 2 heterocycles. The van der Waals surface area contributed by atoms with E-state index < -0.39 is 0 Å². The van der Waals surface area contributed by atoms with E-state index in [4.69, 9.17) is 9.47 Å². The molecule has 0 saturated carbocycles. The summed E-state index contributed by atoms with van der Waals surface area (Å²) in [5, 5.41) is 3.28. The lowest BCUT2D eigenvalue weighted by Crippen LogP contribution is -2.47. The molecule has 2 aliphatic heterocycles. The Hall–Kier alpha value is -0.340. The van der Waals surface area contributed by atoms with Crippen LogP contribution in [-0.4, -0.2) is 63.0 Å². The van der Waals surface area contributed by atoms with Gasteiger partial charge in [-0.05, 0) is 32.1 Å². The average Bonchev–Trinajstić information content (AvgIpc) is 2.56. The van der Waals surface area contributed by atoms with Crippen LogP contribution in [0.1, 0.15) is 32.1 Å². The average molecular weight is 423 g/mol. The Kier molecular flexibility index (Phi) is 10.1. The topological polar surface area (TPSA) is 46.1 Å². The van der Waals surface area contributed by atoms with Crippen LogP contribution in [0.5, 0.6) is 0 Å². The predicted molar refractivity (Wildman–Crippen MR) is 101 cm³/mol. The molecule has 6 heteroatoms. The van der Waals surface area contributed by atoms with Crippen molar-refractivity contribution in [2.45, 2.75) is 44.3 Å². The van der Waals surface area contributed by atoms with Crippen LogP contribution in [0.15, 0.2) is 17.6 Å². The fourth-order valence-electron chi connectivity index (χ4n) is 2.91. The number of ether oxygens (including phenoxy) is 2. The maximum absolute atomic E-state index is 6.04. The van der Waals surface area contributed by atoms with Crippen LogP contribution in [0.4, 0.5) is 0 Å². The summed E-state index contributed by atoms with van der Waals surface area (Å²) < 4.78 is 11.8. The third-order valence-electron chi connectivity index (χ3n) is 4.15. The molecule has 1 unspecified atom stereocenters. The second-order valence-electron chi connectivity index (χ2n) is 5.73. The third-order valence-corrected chi connectivity index (χ3v) is 4.15. The van der Waals surface area contributed by atoms with Crippen LogP contribution in [0.25, 0.3) is 0 Å². The van der Waals surface area contributed by atoms with Crippen molar-refractivity contribution in [3.8, 4) is 0 Å². The van der Waals surface area contributed by atoms with Crippen molar-refractivity contribution in [3.63, 3.8) is 0 Å². The van der Waals surface area contributed by atoms with E-state index in [2.05, 4.69) is 21.8 Å². The Bertz CT molecular complexity index is 338. The molecule has 22 heavy (non-hydrogen) atoms. The van der Waals surface area contributed by atoms with Crippen molar-refractivity contribution in [2.75, 3.05) is 39.9 Å². The standard InChI is InChI=1S/C16H29N3O2.HI/c1-3-9-18-16(17-2)19-10-7-14(8-11-19)21-13-15-6-4-5-12-20-15;/h3,14-15H,1,4-13H2,2H3,(H,17,18);1H. The van der Waals surface area contributed by atoms with Crippen molar-refractivity contribution in [3.05, 3.63) is 12.7 Å². The summed E-state index contributed by atoms with van der Waals surface area (Å²) in [6, 6.07) is 0. The number of piperidine rings is 1. The molecule has 1 N–H and O–H groups in total. The van der Waals surface area contributed by atoms with Gasteiger partial charge >= 0.3 is 0 Å². The van der Waals surface area contributed by atoms with E-state index in [1.54, 1.807) is 0 Å². The zero-order chi connectivity index (χ0) is 14.9. The predicted octanol–water partition coefficient (Wildman–Crippen LogP) is 2.42. The summed E-state index contributed by atoms with van der Waals surface area (Å²) in [5.74, 6) is 0.962. The normalized spacial score (nSPS) is 23.8. The van der Waals surface area contributed by atoms with E-state index in [9.17, 15) is 0 Å². The molecule has 0 aromatic carbocycles. The van der Waals surface area contributed by atoms with Gasteiger partial charge in [-0.25, -0.2) is 0 Å². The second kappa shape index (κ2) is 11.2. The van der Waals surface area contributed by atoms with Crippen molar-refractivity contribution in [2.24, 2.45) is 4.99 Å². The highest BCUT2D eigenvalue weighted by Gasteiger charge is 2.23. The third kappa shape index (κ3) is 6.42. The zero-order valence-corrected chi connectivity index (χ0v) is 16.0. The van der Waals surface area contributed by atoms with Gasteiger partial charge in [-0.15, -0.1) is 30.6 Å². The second-order valence-corrected chi connectivity index (χ2v) is 5.73. The molecule has 0 amide bonds. The Morgan fingerprint density at radius 2 is 2.14 bits per heavy atom. The van der Waals surface area contributed by atoms with E-state index >= 15 is 0 Å². The van der Waals surface area contributed by atoms with Crippen molar-refractivity contribution < 1.29 is 9.47 Å². The molecular formula is C16H30IN3O2. The smallest absolute Gasteiger partial charge is 0.193 e. The molecule has 2 fully saturated rings. The van der Waals surface area contributed by atoms with E-state index in [1.807, 2.05) is 13.1 Å². The molecule has 1 atom stereocenters. The van der Waals surface area contributed by atoms with Gasteiger partial charge in [0, 0.05) is 33.3 Å². The Balaban J connectivity index is 0.00000242. The lowest BCUT2D eigenvalue weighted by molar-refractivity contribution is -0.0721. The first-order valence-corrected chi connectivity index (χ1v) is 8.13. The largest absolute Gasteiger partial charge is 0.376 e. The van der Waals surface area contributed by atoms with Crippen molar-refractivity contribution >= 4 is 29.9 Å². The van der Waals surface area contributed by atoms with Gasteiger partial charge in [-0.1, -0.05) is 6.08 Å². The molecule has 0 bridgehead atoms. The van der Waals surface area contributed by atoms with Gasteiger partial charge in [0.25, 0.3) is 0 Å². The summed E-state index contributed by atoms with van der Waals surface area (Å²) in [6.07, 6.45) is 8.28. The van der Waals surface area contributed by atoms with Crippen LogP contribution >= 0.6 is 24.0 Å². The van der Waals surface area contributed by atoms with Gasteiger partial charge in [0.15, 0.2) is 5.96 Å². The molecule has 2 saturated heterocycles. The summed E-state index contributed by atoms with van der Waals surface area (Å²) in [4.78, 5) is 6.61. The first-order chi connectivity index (χ1) is 10.3. The maximum atomic E-state index is 6.04. The SMILES string of the molecule is C=CCNC(=NC)N1CCC(OCC2CCCCO2)CC1.I. The lowest BCUT2D eigenvalue weighted by atomic mass is 10.1. The number of hydrogen-bond donors (Lipinski definition) is 1. The maximum Gasteiger partial charge on any atom is 0.193 e. The summed E-state index contributed by atoms with van der Waals surface area (Å²) >= 11 is 0. The highest BCUT2D eigenvalue weighted by molar-refractivity contribution is 14.0. The van der Waals surface area contributed by atoms with Gasteiger partial charge in [0.1, 0.15) is 0 Å². The molecule has 128 valence electrons. The van der Waals surface area contributed by atoms with Crippen LogP contribution in [0.3, 0.4) is 0 Å². The highest BCUT2D eigenvalue weighted by atomic mass is 127. The molecule has 0 aliphatic carbocycles. The van der Waals surface area contributed by atoms with Gasteiger partial charge in [0.05, 0.1) is 18.8 Å². The van der Waals surface area contributed by atoms with Gasteiger partial charge < -0.3 is 19.7 Å². The van der Waals surface area contributed by atoms with Crippen LogP contribution in [0, 0.1) is 0 Å². The molecule has 5 nitrogen and oxygen atoms in total. The minimum atomic E-state index is 0. The number of halogens is 1. The van der Waals surface area contributed by atoms with Crippen molar-refractivity contribution in [1.82, 2.24) is 10.2 Å². The fraction of sp³-hybridized carbons (Fsp3) is 0.812. The van der Waals surface area contributed by atoms with Crippen LogP contribution in [-0.2, 0) is 9.47 Å². The highest BCUT2D eigenvalue weighted by Crippen LogP contribution is 2.17.